The lowest BCUT2D eigenvalue weighted by Crippen LogP contribution is -2.41. The van der Waals surface area contributed by atoms with Gasteiger partial charge in [0.05, 0.1) is 0 Å². The van der Waals surface area contributed by atoms with Gasteiger partial charge in [-0.25, -0.2) is 0 Å². The van der Waals surface area contributed by atoms with Crippen molar-refractivity contribution in [3.8, 4) is 12.3 Å². The first-order valence-electron chi connectivity index (χ1n) is 4.01. The van der Waals surface area contributed by atoms with Gasteiger partial charge in [-0.05, 0) is 19.3 Å². The molecule has 0 aliphatic carbocycles. The summed E-state index contributed by atoms with van der Waals surface area (Å²) in [6, 6.07) is -0.139. The predicted octanol–water partition coefficient (Wildman–Crippen LogP) is 0.331. The van der Waals surface area contributed by atoms with Crippen LogP contribution in [0.5, 0.6) is 0 Å². The molecule has 0 aromatic rings. The Balaban J connectivity index is 4.47. The van der Waals surface area contributed by atoms with Gasteiger partial charge >= 0.3 is 5.97 Å². The van der Waals surface area contributed by atoms with Crippen LogP contribution in [-0.4, -0.2) is 34.5 Å². The number of carboxylic acids is 1. The Bertz CT molecular complexity index is 242. The van der Waals surface area contributed by atoms with Crippen molar-refractivity contribution in [2.75, 3.05) is 6.54 Å². The molecule has 0 aliphatic rings. The van der Waals surface area contributed by atoms with Gasteiger partial charge in [0.1, 0.15) is 6.54 Å². The number of carboxylic acid groups (broad SMARTS) is 1. The van der Waals surface area contributed by atoms with Gasteiger partial charge in [-0.3, -0.25) is 9.59 Å². The third-order valence-electron chi connectivity index (χ3n) is 1.81. The summed E-state index contributed by atoms with van der Waals surface area (Å²) >= 11 is 0. The highest BCUT2D eigenvalue weighted by Gasteiger charge is 2.19. The molecular formula is C9H13NO3. The maximum Gasteiger partial charge on any atom is 0.323 e. The third-order valence-corrected chi connectivity index (χ3v) is 1.81. The molecule has 0 aromatic heterocycles. The molecule has 13 heavy (non-hydrogen) atoms. The van der Waals surface area contributed by atoms with E-state index in [4.69, 9.17) is 11.5 Å². The van der Waals surface area contributed by atoms with Gasteiger partial charge in [-0.2, -0.15) is 0 Å². The van der Waals surface area contributed by atoms with Crippen LogP contribution in [0.1, 0.15) is 20.3 Å². The van der Waals surface area contributed by atoms with Crippen molar-refractivity contribution in [2.24, 2.45) is 0 Å². The van der Waals surface area contributed by atoms with E-state index >= 15 is 0 Å². The zero-order valence-electron chi connectivity index (χ0n) is 7.78. The number of rotatable bonds is 4. The minimum absolute atomic E-state index is 0.139. The Kier molecular flexibility index (Phi) is 4.60. The molecule has 0 saturated carbocycles. The van der Waals surface area contributed by atoms with E-state index in [1.807, 2.05) is 12.8 Å². The van der Waals surface area contributed by atoms with Crippen LogP contribution in [0.3, 0.4) is 0 Å². The van der Waals surface area contributed by atoms with Crippen LogP contribution in [0.25, 0.3) is 0 Å². The van der Waals surface area contributed by atoms with E-state index in [9.17, 15) is 9.59 Å². The summed E-state index contributed by atoms with van der Waals surface area (Å²) in [4.78, 5) is 22.6. The molecule has 0 radical (unpaired) electrons. The molecule has 0 aliphatic heterocycles. The van der Waals surface area contributed by atoms with Gasteiger partial charge in [-0.15, -0.1) is 6.42 Å². The van der Waals surface area contributed by atoms with Crippen LogP contribution >= 0.6 is 0 Å². The molecule has 0 aromatic carbocycles. The van der Waals surface area contributed by atoms with Gasteiger partial charge in [-0.1, -0.05) is 6.92 Å². The molecule has 0 rings (SSSR count). The first-order valence-corrected chi connectivity index (χ1v) is 4.01. The van der Waals surface area contributed by atoms with Crippen molar-refractivity contribution < 1.29 is 14.7 Å². The van der Waals surface area contributed by atoms with Gasteiger partial charge in [0.25, 0.3) is 5.91 Å². The monoisotopic (exact) mass is 183 g/mol. The minimum atomic E-state index is -1.05. The maximum absolute atomic E-state index is 11.1. The summed E-state index contributed by atoms with van der Waals surface area (Å²) in [6.45, 7) is 3.29. The lowest BCUT2D eigenvalue weighted by atomic mass is 10.2. The second-order valence-corrected chi connectivity index (χ2v) is 2.73. The van der Waals surface area contributed by atoms with Gasteiger partial charge in [0.15, 0.2) is 0 Å². The molecule has 4 heteroatoms. The van der Waals surface area contributed by atoms with E-state index in [0.29, 0.717) is 6.42 Å². The van der Waals surface area contributed by atoms with Crippen molar-refractivity contribution in [2.45, 2.75) is 26.3 Å². The number of hydrogen-bond acceptors (Lipinski definition) is 2. The van der Waals surface area contributed by atoms with Gasteiger partial charge in [0.2, 0.25) is 0 Å². The number of aliphatic carboxylic acids is 1. The van der Waals surface area contributed by atoms with Crippen LogP contribution in [0, 0.1) is 12.3 Å². The highest BCUT2D eigenvalue weighted by atomic mass is 16.4. The summed E-state index contributed by atoms with van der Waals surface area (Å²) < 4.78 is 0. The normalized spacial score (nSPS) is 11.5. The Hall–Kier alpha value is -1.50. The Morgan fingerprint density at radius 2 is 2.15 bits per heavy atom. The molecule has 1 unspecified atom stereocenters. The SMILES string of the molecule is C#CC(=O)N(CC(=O)O)C(C)CC. The molecule has 0 fully saturated rings. The zero-order valence-corrected chi connectivity index (χ0v) is 7.78. The highest BCUT2D eigenvalue weighted by molar-refractivity contribution is 5.94. The smallest absolute Gasteiger partial charge is 0.323 e. The number of hydrogen-bond donors (Lipinski definition) is 1. The van der Waals surface area contributed by atoms with Crippen molar-refractivity contribution >= 4 is 11.9 Å². The Morgan fingerprint density at radius 3 is 2.46 bits per heavy atom. The Labute approximate surface area is 77.5 Å². The summed E-state index contributed by atoms with van der Waals surface area (Å²) in [7, 11) is 0. The van der Waals surface area contributed by atoms with Crippen molar-refractivity contribution in [3.63, 3.8) is 0 Å². The van der Waals surface area contributed by atoms with E-state index in [1.54, 1.807) is 6.92 Å². The van der Waals surface area contributed by atoms with E-state index in [-0.39, 0.29) is 12.6 Å². The summed E-state index contributed by atoms with van der Waals surface area (Å²) in [5.74, 6) is 0.285. The van der Waals surface area contributed by atoms with Crippen molar-refractivity contribution in [3.05, 3.63) is 0 Å². The second kappa shape index (κ2) is 5.20. The first-order chi connectivity index (χ1) is 6.02. The van der Waals surface area contributed by atoms with Gasteiger partial charge in [0, 0.05) is 6.04 Å². The molecule has 72 valence electrons. The van der Waals surface area contributed by atoms with Crippen LogP contribution in [-0.2, 0) is 9.59 Å². The van der Waals surface area contributed by atoms with E-state index in [2.05, 4.69) is 0 Å². The number of carbonyl (C=O) groups excluding carboxylic acids is 1. The molecule has 0 saturated heterocycles. The Morgan fingerprint density at radius 1 is 1.62 bits per heavy atom. The van der Waals surface area contributed by atoms with Crippen LogP contribution in [0.4, 0.5) is 0 Å². The number of terminal acetylenes is 1. The summed E-state index contributed by atoms with van der Waals surface area (Å²) in [6.07, 6.45) is 5.59. The number of carbonyl (C=O) groups is 2. The maximum atomic E-state index is 11.1. The molecular weight excluding hydrogens is 170 g/mol. The first kappa shape index (κ1) is 11.5. The second-order valence-electron chi connectivity index (χ2n) is 2.73. The topological polar surface area (TPSA) is 57.6 Å². The lowest BCUT2D eigenvalue weighted by Gasteiger charge is -2.24. The molecule has 0 spiro atoms. The lowest BCUT2D eigenvalue weighted by molar-refractivity contribution is -0.143. The van der Waals surface area contributed by atoms with Crippen LogP contribution in [0.15, 0.2) is 0 Å². The predicted molar refractivity (Wildman–Crippen MR) is 47.9 cm³/mol. The molecule has 1 N–H and O–H groups in total. The third kappa shape index (κ3) is 3.61. The fourth-order valence-corrected chi connectivity index (χ4v) is 0.877. The molecule has 1 atom stereocenters. The fraction of sp³-hybridized carbons (Fsp3) is 0.556. The van der Waals surface area contributed by atoms with Crippen LogP contribution in [0.2, 0.25) is 0 Å². The van der Waals surface area contributed by atoms with Crippen molar-refractivity contribution in [1.82, 2.24) is 4.90 Å². The fourth-order valence-electron chi connectivity index (χ4n) is 0.877. The van der Waals surface area contributed by atoms with Crippen LogP contribution < -0.4 is 0 Å². The van der Waals surface area contributed by atoms with E-state index in [1.165, 1.54) is 4.90 Å². The molecule has 4 nitrogen and oxygen atoms in total. The highest BCUT2D eigenvalue weighted by Crippen LogP contribution is 2.02. The summed E-state index contributed by atoms with van der Waals surface area (Å²) in [5.41, 5.74) is 0. The minimum Gasteiger partial charge on any atom is -0.480 e. The molecule has 1 amide bonds. The average Bonchev–Trinajstić information content (AvgIpc) is 2.11. The van der Waals surface area contributed by atoms with Crippen molar-refractivity contribution in [1.29, 1.82) is 0 Å². The molecule has 0 bridgehead atoms. The number of amides is 1. The number of nitrogens with zero attached hydrogens (tertiary/aromatic N) is 1. The zero-order chi connectivity index (χ0) is 10.4. The largest absolute Gasteiger partial charge is 0.480 e. The van der Waals surface area contributed by atoms with E-state index < -0.39 is 11.9 Å². The molecule has 0 heterocycles. The average molecular weight is 183 g/mol. The standard InChI is InChI=1S/C9H13NO3/c1-4-7(3)10(6-9(12)13)8(11)5-2/h2,7H,4,6H2,1,3H3,(H,12,13). The quantitative estimate of drug-likeness (QED) is 0.639. The van der Waals surface area contributed by atoms with Gasteiger partial charge < -0.3 is 10.0 Å². The van der Waals surface area contributed by atoms with E-state index in [0.717, 1.165) is 0 Å². The summed E-state index contributed by atoms with van der Waals surface area (Å²) in [5, 5.41) is 8.51.